The van der Waals surface area contributed by atoms with Gasteiger partial charge in [0.2, 0.25) is 0 Å². The molecule has 0 saturated carbocycles. The largest absolute Gasteiger partial charge is 0.361 e. The highest BCUT2D eigenvalue weighted by molar-refractivity contribution is 5.98. The number of nitrogens with zero attached hydrogens (tertiary/aromatic N) is 1. The first-order chi connectivity index (χ1) is 10.1. The normalized spacial score (nSPS) is 11.6. The van der Waals surface area contributed by atoms with Crippen LogP contribution in [0, 0.1) is 23.3 Å². The van der Waals surface area contributed by atoms with Crippen LogP contribution in [0.1, 0.15) is 5.56 Å². The molecule has 0 atom stereocenters. The quantitative estimate of drug-likeness (QED) is 0.410. The molecule has 0 saturated heterocycles. The van der Waals surface area contributed by atoms with E-state index in [1.807, 2.05) is 12.1 Å². The highest BCUT2D eigenvalue weighted by atomic mass is 19.2. The first kappa shape index (κ1) is 13.4. The van der Waals surface area contributed by atoms with E-state index in [4.69, 9.17) is 0 Å². The Morgan fingerprint density at radius 2 is 1.67 bits per heavy atom. The molecule has 0 aliphatic rings. The van der Waals surface area contributed by atoms with Gasteiger partial charge < -0.3 is 4.98 Å². The number of H-pyrrole nitrogens is 1. The average Bonchev–Trinajstić information content (AvgIpc) is 2.94. The number of para-hydroxylation sites is 1. The van der Waals surface area contributed by atoms with Crippen molar-refractivity contribution in [1.29, 1.82) is 0 Å². The van der Waals surface area contributed by atoms with Crippen molar-refractivity contribution in [2.75, 3.05) is 0 Å². The molecule has 106 valence electrons. The molecule has 21 heavy (non-hydrogen) atoms. The summed E-state index contributed by atoms with van der Waals surface area (Å²) in [7, 11) is 0. The minimum absolute atomic E-state index is 0.148. The molecule has 0 aliphatic carbocycles. The predicted octanol–water partition coefficient (Wildman–Crippen LogP) is 4.47. The van der Waals surface area contributed by atoms with Crippen LogP contribution in [0.4, 0.5) is 23.2 Å². The van der Waals surface area contributed by atoms with Crippen molar-refractivity contribution in [3.8, 4) is 0 Å². The van der Waals surface area contributed by atoms with E-state index >= 15 is 0 Å². The van der Waals surface area contributed by atoms with Crippen molar-refractivity contribution in [1.82, 2.24) is 4.98 Å². The van der Waals surface area contributed by atoms with Gasteiger partial charge in [-0.1, -0.05) is 18.2 Å². The third kappa shape index (κ3) is 2.29. The fraction of sp³-hybridized carbons (Fsp3) is 0. The zero-order valence-electron chi connectivity index (χ0n) is 10.5. The van der Waals surface area contributed by atoms with Crippen molar-refractivity contribution in [2.24, 2.45) is 4.99 Å². The van der Waals surface area contributed by atoms with E-state index in [9.17, 15) is 17.6 Å². The Labute approximate surface area is 116 Å². The first-order valence-electron chi connectivity index (χ1n) is 6.01. The lowest BCUT2D eigenvalue weighted by molar-refractivity contribution is 0.457. The van der Waals surface area contributed by atoms with Crippen molar-refractivity contribution in [3.63, 3.8) is 0 Å². The number of aromatic nitrogens is 1. The van der Waals surface area contributed by atoms with Gasteiger partial charge in [-0.2, -0.15) is 0 Å². The Kier molecular flexibility index (Phi) is 3.21. The van der Waals surface area contributed by atoms with Gasteiger partial charge in [-0.15, -0.1) is 0 Å². The predicted molar refractivity (Wildman–Crippen MR) is 71.8 cm³/mol. The molecule has 1 N–H and O–H groups in total. The maximum atomic E-state index is 13.5. The minimum atomic E-state index is -1.52. The van der Waals surface area contributed by atoms with E-state index in [2.05, 4.69) is 9.98 Å². The summed E-state index contributed by atoms with van der Waals surface area (Å²) in [5.74, 6) is -6.02. The standard InChI is InChI=1S/C15H8F4N2/c16-10-6-11(17)13(19)15(12(10)18)21-7-9-3-1-2-8-4-5-20-14(8)9/h1-7,20H/b21-7+. The number of rotatable bonds is 2. The van der Waals surface area contributed by atoms with E-state index in [0.717, 1.165) is 11.6 Å². The lowest BCUT2D eigenvalue weighted by Gasteiger charge is -2.02. The number of aliphatic imine (C=N–C) groups is 1. The van der Waals surface area contributed by atoms with E-state index in [0.29, 0.717) is 11.1 Å². The zero-order chi connectivity index (χ0) is 15.0. The van der Waals surface area contributed by atoms with Gasteiger partial charge >= 0.3 is 0 Å². The summed E-state index contributed by atoms with van der Waals surface area (Å²) in [6.45, 7) is 0. The lowest BCUT2D eigenvalue weighted by atomic mass is 10.1. The maximum absolute atomic E-state index is 13.5. The molecule has 2 nitrogen and oxygen atoms in total. The first-order valence-corrected chi connectivity index (χ1v) is 6.01. The molecule has 0 spiro atoms. The van der Waals surface area contributed by atoms with Crippen LogP contribution in [0.15, 0.2) is 41.5 Å². The molecular formula is C15H8F4N2. The molecular weight excluding hydrogens is 284 g/mol. The SMILES string of the molecule is Fc1cc(F)c(F)c(/N=C/c2cccc3cc[nH]c23)c1F. The maximum Gasteiger partial charge on any atom is 0.187 e. The van der Waals surface area contributed by atoms with Gasteiger partial charge in [0.25, 0.3) is 0 Å². The monoisotopic (exact) mass is 292 g/mol. The molecule has 0 bridgehead atoms. The van der Waals surface area contributed by atoms with Gasteiger partial charge in [-0.3, -0.25) is 0 Å². The minimum Gasteiger partial charge on any atom is -0.361 e. The van der Waals surface area contributed by atoms with Crippen LogP contribution in [0.5, 0.6) is 0 Å². The van der Waals surface area contributed by atoms with Gasteiger partial charge in [-0.25, -0.2) is 22.6 Å². The smallest absolute Gasteiger partial charge is 0.187 e. The Morgan fingerprint density at radius 1 is 0.952 bits per heavy atom. The van der Waals surface area contributed by atoms with Gasteiger partial charge in [0.05, 0.1) is 5.52 Å². The molecule has 3 aromatic rings. The highest BCUT2D eigenvalue weighted by Gasteiger charge is 2.18. The molecule has 1 aromatic heterocycles. The molecule has 0 unspecified atom stereocenters. The molecule has 0 aliphatic heterocycles. The van der Waals surface area contributed by atoms with Crippen LogP contribution in [0.3, 0.4) is 0 Å². The van der Waals surface area contributed by atoms with Crippen LogP contribution >= 0.6 is 0 Å². The van der Waals surface area contributed by atoms with Crippen molar-refractivity contribution in [3.05, 3.63) is 65.4 Å². The number of aromatic amines is 1. The molecule has 0 fully saturated rings. The Balaban J connectivity index is 2.10. The topological polar surface area (TPSA) is 28.1 Å². The lowest BCUT2D eigenvalue weighted by Crippen LogP contribution is -1.94. The van der Waals surface area contributed by atoms with Crippen LogP contribution in [-0.4, -0.2) is 11.2 Å². The second-order valence-electron chi connectivity index (χ2n) is 4.36. The molecule has 0 amide bonds. The van der Waals surface area contributed by atoms with Crippen LogP contribution in [0.25, 0.3) is 10.9 Å². The summed E-state index contributed by atoms with van der Waals surface area (Å²) in [6, 6.07) is 7.20. The average molecular weight is 292 g/mol. The Morgan fingerprint density at radius 3 is 2.38 bits per heavy atom. The van der Waals surface area contributed by atoms with E-state index < -0.39 is 29.0 Å². The summed E-state index contributed by atoms with van der Waals surface area (Å²) in [6.07, 6.45) is 2.85. The highest BCUT2D eigenvalue weighted by Crippen LogP contribution is 2.27. The van der Waals surface area contributed by atoms with Gasteiger partial charge in [-0.05, 0) is 6.07 Å². The summed E-state index contributed by atoms with van der Waals surface area (Å²) in [5.41, 5.74) is 0.260. The second kappa shape index (κ2) is 5.05. The summed E-state index contributed by atoms with van der Waals surface area (Å²) < 4.78 is 53.2. The van der Waals surface area contributed by atoms with Gasteiger partial charge in [0, 0.05) is 29.4 Å². The van der Waals surface area contributed by atoms with E-state index in [1.165, 1.54) is 0 Å². The number of hydrogen-bond acceptors (Lipinski definition) is 1. The number of nitrogens with one attached hydrogen (secondary N) is 1. The van der Waals surface area contributed by atoms with Crippen LogP contribution in [0.2, 0.25) is 0 Å². The number of hydrogen-bond donors (Lipinski definition) is 1. The molecule has 6 heteroatoms. The van der Waals surface area contributed by atoms with E-state index in [1.54, 1.807) is 18.3 Å². The molecule has 3 rings (SSSR count). The van der Waals surface area contributed by atoms with Crippen molar-refractivity contribution in [2.45, 2.75) is 0 Å². The number of benzene rings is 2. The number of halogens is 4. The second-order valence-corrected chi connectivity index (χ2v) is 4.36. The Bertz CT molecular complexity index is 826. The summed E-state index contributed by atoms with van der Waals surface area (Å²) in [5, 5.41) is 0.880. The van der Waals surface area contributed by atoms with Crippen LogP contribution < -0.4 is 0 Å². The molecule has 2 aromatic carbocycles. The van der Waals surface area contributed by atoms with Crippen molar-refractivity contribution < 1.29 is 17.6 Å². The fourth-order valence-electron chi connectivity index (χ4n) is 2.02. The van der Waals surface area contributed by atoms with Crippen molar-refractivity contribution >= 4 is 22.8 Å². The third-order valence-corrected chi connectivity index (χ3v) is 3.04. The summed E-state index contributed by atoms with van der Waals surface area (Å²) >= 11 is 0. The summed E-state index contributed by atoms with van der Waals surface area (Å²) in [4.78, 5) is 6.50. The van der Waals surface area contributed by atoms with Crippen LogP contribution in [-0.2, 0) is 0 Å². The van der Waals surface area contributed by atoms with Gasteiger partial charge in [0.15, 0.2) is 23.3 Å². The van der Waals surface area contributed by atoms with E-state index in [-0.39, 0.29) is 6.07 Å². The van der Waals surface area contributed by atoms with Gasteiger partial charge in [0.1, 0.15) is 5.69 Å². The fourth-order valence-corrected chi connectivity index (χ4v) is 2.02. The molecule has 1 heterocycles. The Hall–Kier alpha value is -2.63. The third-order valence-electron chi connectivity index (χ3n) is 3.04. The number of fused-ring (bicyclic) bond motifs is 1. The molecule has 0 radical (unpaired) electrons. The zero-order valence-corrected chi connectivity index (χ0v) is 10.5.